The van der Waals surface area contributed by atoms with Crippen LogP contribution in [-0.4, -0.2) is 30.4 Å². The van der Waals surface area contributed by atoms with Crippen molar-refractivity contribution in [1.29, 1.82) is 0 Å². The van der Waals surface area contributed by atoms with Crippen LogP contribution in [0, 0.1) is 20.8 Å². The number of amides is 2. The van der Waals surface area contributed by atoms with Crippen LogP contribution in [0.3, 0.4) is 0 Å². The minimum Gasteiger partial charge on any atom is -0.325 e. The van der Waals surface area contributed by atoms with Gasteiger partial charge in [-0.1, -0.05) is 18.2 Å². The summed E-state index contributed by atoms with van der Waals surface area (Å²) in [6, 6.07) is 6.83. The number of aromatic nitrogens is 2. The lowest BCUT2D eigenvalue weighted by molar-refractivity contribution is 0.0744. The van der Waals surface area contributed by atoms with Crippen molar-refractivity contribution >= 4 is 28.3 Å². The number of benzene rings is 1. The fourth-order valence-electron chi connectivity index (χ4n) is 1.99. The van der Waals surface area contributed by atoms with Gasteiger partial charge in [0.25, 0.3) is 0 Å². The molecule has 0 bridgehead atoms. The third-order valence-electron chi connectivity index (χ3n) is 2.98. The van der Waals surface area contributed by atoms with Crippen LogP contribution in [0.1, 0.15) is 27.3 Å². The van der Waals surface area contributed by atoms with Crippen molar-refractivity contribution in [2.75, 3.05) is 5.32 Å². The molecule has 0 saturated heterocycles. The smallest absolute Gasteiger partial charge is 0.325 e. The lowest BCUT2D eigenvalue weighted by Gasteiger charge is -2.09. The van der Waals surface area contributed by atoms with E-state index >= 15 is 0 Å². The highest BCUT2D eigenvalue weighted by Crippen LogP contribution is 2.10. The maximum Gasteiger partial charge on any atom is 0.413 e. The molecule has 0 spiro atoms. The predicted molar refractivity (Wildman–Crippen MR) is 89.2 cm³/mol. The van der Waals surface area contributed by atoms with Gasteiger partial charge in [0.2, 0.25) is 5.95 Å². The zero-order valence-corrected chi connectivity index (χ0v) is 14.5. The Morgan fingerprint density at radius 2 is 1.64 bits per heavy atom. The highest BCUT2D eigenvalue weighted by Gasteiger charge is 2.22. The van der Waals surface area contributed by atoms with Crippen LogP contribution in [0.25, 0.3) is 0 Å². The van der Waals surface area contributed by atoms with Gasteiger partial charge in [-0.25, -0.2) is 24.3 Å². The minimum atomic E-state index is -4.65. The fraction of sp³-hybridized carbons (Fsp3) is 0.200. The molecule has 2 aromatic rings. The van der Waals surface area contributed by atoms with E-state index in [-0.39, 0.29) is 11.5 Å². The molecule has 25 heavy (non-hydrogen) atoms. The number of carbonyl (C=O) groups is 2. The van der Waals surface area contributed by atoms with Crippen molar-refractivity contribution in [2.45, 2.75) is 20.8 Å². The Kier molecular flexibility index (Phi) is 5.32. The molecule has 0 radical (unpaired) electrons. The summed E-state index contributed by atoms with van der Waals surface area (Å²) >= 11 is 0. The third kappa shape index (κ3) is 5.24. The molecule has 1 heterocycles. The fourth-order valence-corrected chi connectivity index (χ4v) is 2.60. The lowest BCUT2D eigenvalue weighted by Crippen LogP contribution is -2.37. The first-order chi connectivity index (χ1) is 11.7. The number of rotatable bonds is 4. The summed E-state index contributed by atoms with van der Waals surface area (Å²) in [6.45, 7) is 5.01. The Morgan fingerprint density at radius 3 is 2.24 bits per heavy atom. The van der Waals surface area contributed by atoms with Gasteiger partial charge in [-0.05, 0) is 38.5 Å². The normalized spacial score (nSPS) is 10.8. The zero-order valence-electron chi connectivity index (χ0n) is 13.7. The number of anilines is 1. The molecule has 0 atom stereocenters. The number of nitrogens with zero attached hydrogens (tertiary/aromatic N) is 2. The standard InChI is InChI=1S/C15H16N4O5S/c1-9-6-4-5-7-12(9)13(20)24-25(22,23)19-15(21)18-14-16-10(2)8-11(3)17-14/h4-8H,1-3H3,(H2,16,17,18,19,21). The van der Waals surface area contributed by atoms with Crippen molar-refractivity contribution in [2.24, 2.45) is 0 Å². The molecule has 0 aliphatic rings. The van der Waals surface area contributed by atoms with Crippen molar-refractivity contribution in [3.8, 4) is 0 Å². The van der Waals surface area contributed by atoms with Gasteiger partial charge >= 0.3 is 22.3 Å². The average Bonchev–Trinajstić information content (AvgIpc) is 2.44. The van der Waals surface area contributed by atoms with Gasteiger partial charge in [-0.15, -0.1) is 0 Å². The van der Waals surface area contributed by atoms with Gasteiger partial charge in [0, 0.05) is 11.4 Å². The Hall–Kier alpha value is -3.01. The molecule has 1 aromatic carbocycles. The molecule has 0 saturated carbocycles. The summed E-state index contributed by atoms with van der Waals surface area (Å²) < 4.78 is 29.6. The highest BCUT2D eigenvalue weighted by atomic mass is 32.2. The van der Waals surface area contributed by atoms with Crippen molar-refractivity contribution < 1.29 is 22.2 Å². The van der Waals surface area contributed by atoms with Gasteiger partial charge in [-0.3, -0.25) is 5.32 Å². The van der Waals surface area contributed by atoms with Gasteiger partial charge in [0.15, 0.2) is 0 Å². The topological polar surface area (TPSA) is 127 Å². The summed E-state index contributed by atoms with van der Waals surface area (Å²) in [5, 5.41) is 2.16. The minimum absolute atomic E-state index is 0.0737. The van der Waals surface area contributed by atoms with E-state index in [0.717, 1.165) is 0 Å². The molecule has 0 unspecified atom stereocenters. The molecular weight excluding hydrogens is 348 g/mol. The van der Waals surface area contributed by atoms with Crippen LogP contribution in [0.4, 0.5) is 10.7 Å². The maximum absolute atomic E-state index is 11.9. The van der Waals surface area contributed by atoms with Crippen molar-refractivity contribution in [3.05, 3.63) is 52.8 Å². The second-order valence-corrected chi connectivity index (χ2v) is 6.45. The van der Waals surface area contributed by atoms with Crippen LogP contribution < -0.4 is 10.0 Å². The monoisotopic (exact) mass is 364 g/mol. The molecule has 0 aliphatic carbocycles. The summed E-state index contributed by atoms with van der Waals surface area (Å²) in [5.41, 5.74) is 1.80. The van der Waals surface area contributed by atoms with E-state index in [4.69, 9.17) is 0 Å². The number of carbonyl (C=O) groups excluding carboxylic acids is 2. The Balaban J connectivity index is 2.04. The molecule has 9 nitrogen and oxygen atoms in total. The molecule has 0 fully saturated rings. The largest absolute Gasteiger partial charge is 0.413 e. The third-order valence-corrected chi connectivity index (χ3v) is 3.78. The Labute approximate surface area is 144 Å². The van der Waals surface area contributed by atoms with Crippen LogP contribution in [0.5, 0.6) is 0 Å². The first-order valence-electron chi connectivity index (χ1n) is 7.12. The first kappa shape index (κ1) is 18.3. The summed E-state index contributed by atoms with van der Waals surface area (Å²) in [5.74, 6) is -1.17. The SMILES string of the molecule is Cc1cc(C)nc(NC(=O)NS(=O)(=O)OC(=O)c2ccccc2C)n1. The number of nitrogens with one attached hydrogen (secondary N) is 2. The summed E-state index contributed by atoms with van der Waals surface area (Å²) in [6.07, 6.45) is 0. The number of hydrogen-bond donors (Lipinski definition) is 2. The first-order valence-corrected chi connectivity index (χ1v) is 8.52. The number of hydrogen-bond acceptors (Lipinski definition) is 7. The van der Waals surface area contributed by atoms with Gasteiger partial charge < -0.3 is 4.18 Å². The zero-order chi connectivity index (χ0) is 18.6. The molecule has 2 amide bonds. The van der Waals surface area contributed by atoms with Crippen LogP contribution in [0.15, 0.2) is 30.3 Å². The van der Waals surface area contributed by atoms with E-state index in [1.807, 2.05) is 0 Å². The van der Waals surface area contributed by atoms with E-state index in [1.54, 1.807) is 49.8 Å². The van der Waals surface area contributed by atoms with Gasteiger partial charge in [0.05, 0.1) is 5.56 Å². The van der Waals surface area contributed by atoms with Gasteiger partial charge in [-0.2, -0.15) is 8.42 Å². The molecule has 2 rings (SSSR count). The second kappa shape index (κ2) is 7.26. The van der Waals surface area contributed by atoms with Gasteiger partial charge in [0.1, 0.15) is 0 Å². The molecule has 1 aromatic heterocycles. The van der Waals surface area contributed by atoms with E-state index in [1.165, 1.54) is 6.07 Å². The Morgan fingerprint density at radius 1 is 1.04 bits per heavy atom. The van der Waals surface area contributed by atoms with Crippen LogP contribution in [0.2, 0.25) is 0 Å². The quantitative estimate of drug-likeness (QED) is 0.844. The van der Waals surface area contributed by atoms with E-state index in [2.05, 4.69) is 19.5 Å². The summed E-state index contributed by atoms with van der Waals surface area (Å²) in [4.78, 5) is 31.6. The average molecular weight is 364 g/mol. The Bertz CT molecular complexity index is 907. The molecule has 2 N–H and O–H groups in total. The second-order valence-electron chi connectivity index (χ2n) is 5.17. The highest BCUT2D eigenvalue weighted by molar-refractivity contribution is 7.85. The van der Waals surface area contributed by atoms with Crippen LogP contribution >= 0.6 is 0 Å². The molecule has 132 valence electrons. The molecular formula is C15H16N4O5S. The van der Waals surface area contributed by atoms with Crippen LogP contribution in [-0.2, 0) is 14.5 Å². The molecule has 0 aliphatic heterocycles. The number of urea groups is 1. The van der Waals surface area contributed by atoms with Crippen molar-refractivity contribution in [1.82, 2.24) is 14.7 Å². The predicted octanol–water partition coefficient (Wildman–Crippen LogP) is 1.63. The van der Waals surface area contributed by atoms with E-state index in [9.17, 15) is 18.0 Å². The van der Waals surface area contributed by atoms with Crippen molar-refractivity contribution in [3.63, 3.8) is 0 Å². The van der Waals surface area contributed by atoms with E-state index in [0.29, 0.717) is 17.0 Å². The number of aryl methyl sites for hydroxylation is 3. The summed E-state index contributed by atoms with van der Waals surface area (Å²) in [7, 11) is -4.65. The molecule has 10 heteroatoms. The maximum atomic E-state index is 11.9. The van der Waals surface area contributed by atoms with E-state index < -0.39 is 22.3 Å². The lowest BCUT2D eigenvalue weighted by atomic mass is 10.1.